The maximum Gasteiger partial charge on any atom is 0.164 e. The minimum absolute atomic E-state index is 0.196. The lowest BCUT2D eigenvalue weighted by atomic mass is 10.0. The van der Waals surface area contributed by atoms with Crippen LogP contribution in [0.15, 0.2) is 24.3 Å². The number of rotatable bonds is 3. The Morgan fingerprint density at radius 2 is 2.08 bits per heavy atom. The minimum atomic E-state index is -1.36. The molecule has 0 spiro atoms. The SMILES string of the molecule is CC(=O)C(F)Cc1ccccc1C. The second-order valence-corrected chi connectivity index (χ2v) is 3.21. The highest BCUT2D eigenvalue weighted by molar-refractivity contribution is 5.80. The first-order chi connectivity index (χ1) is 6.11. The number of halogens is 1. The fraction of sp³-hybridized carbons (Fsp3) is 0.364. The van der Waals surface area contributed by atoms with Crippen LogP contribution in [0.5, 0.6) is 0 Å². The molecule has 1 aromatic rings. The molecule has 0 radical (unpaired) electrons. The summed E-state index contributed by atoms with van der Waals surface area (Å²) in [5.41, 5.74) is 1.94. The fourth-order valence-corrected chi connectivity index (χ4v) is 1.18. The van der Waals surface area contributed by atoms with Crippen molar-refractivity contribution in [3.63, 3.8) is 0 Å². The summed E-state index contributed by atoms with van der Waals surface area (Å²) >= 11 is 0. The van der Waals surface area contributed by atoms with E-state index in [-0.39, 0.29) is 6.42 Å². The van der Waals surface area contributed by atoms with E-state index in [1.807, 2.05) is 31.2 Å². The second-order valence-electron chi connectivity index (χ2n) is 3.21. The van der Waals surface area contributed by atoms with Crippen LogP contribution < -0.4 is 0 Å². The molecule has 13 heavy (non-hydrogen) atoms. The summed E-state index contributed by atoms with van der Waals surface area (Å²) in [6.45, 7) is 3.20. The molecule has 0 amide bonds. The van der Waals surface area contributed by atoms with Crippen LogP contribution in [0.3, 0.4) is 0 Å². The fourth-order valence-electron chi connectivity index (χ4n) is 1.18. The van der Waals surface area contributed by atoms with Crippen molar-refractivity contribution in [2.75, 3.05) is 0 Å². The zero-order valence-electron chi connectivity index (χ0n) is 7.88. The molecule has 0 bridgehead atoms. The maximum absolute atomic E-state index is 13.0. The van der Waals surface area contributed by atoms with Gasteiger partial charge in [0, 0.05) is 6.42 Å². The molecule has 70 valence electrons. The third-order valence-electron chi connectivity index (χ3n) is 2.10. The van der Waals surface area contributed by atoms with Crippen molar-refractivity contribution in [1.29, 1.82) is 0 Å². The number of hydrogen-bond acceptors (Lipinski definition) is 1. The predicted molar refractivity (Wildman–Crippen MR) is 50.5 cm³/mol. The number of carbonyl (C=O) groups is 1. The van der Waals surface area contributed by atoms with Gasteiger partial charge >= 0.3 is 0 Å². The Kier molecular flexibility index (Phi) is 3.18. The number of alkyl halides is 1. The van der Waals surface area contributed by atoms with E-state index in [1.165, 1.54) is 6.92 Å². The van der Waals surface area contributed by atoms with Gasteiger partial charge in [-0.05, 0) is 25.0 Å². The van der Waals surface area contributed by atoms with Crippen LogP contribution >= 0.6 is 0 Å². The molecular weight excluding hydrogens is 167 g/mol. The normalized spacial score (nSPS) is 12.5. The number of carbonyl (C=O) groups excluding carboxylic acids is 1. The van der Waals surface area contributed by atoms with Crippen LogP contribution in [-0.2, 0) is 11.2 Å². The summed E-state index contributed by atoms with van der Waals surface area (Å²) in [5, 5.41) is 0. The average Bonchev–Trinajstić information content (AvgIpc) is 2.08. The van der Waals surface area contributed by atoms with E-state index >= 15 is 0 Å². The lowest BCUT2D eigenvalue weighted by Gasteiger charge is -2.06. The molecule has 2 heteroatoms. The van der Waals surface area contributed by atoms with Crippen molar-refractivity contribution >= 4 is 5.78 Å². The molecular formula is C11H13FO. The van der Waals surface area contributed by atoms with Crippen LogP contribution in [0.1, 0.15) is 18.1 Å². The van der Waals surface area contributed by atoms with Crippen LogP contribution in [0.25, 0.3) is 0 Å². The Bertz CT molecular complexity index is 307. The van der Waals surface area contributed by atoms with E-state index in [0.29, 0.717) is 0 Å². The summed E-state index contributed by atoms with van der Waals surface area (Å²) in [4.78, 5) is 10.7. The van der Waals surface area contributed by atoms with Gasteiger partial charge in [0.15, 0.2) is 12.0 Å². The summed E-state index contributed by atoms with van der Waals surface area (Å²) in [7, 11) is 0. The largest absolute Gasteiger partial charge is 0.297 e. The number of ketones is 1. The quantitative estimate of drug-likeness (QED) is 0.698. The lowest BCUT2D eigenvalue weighted by Crippen LogP contribution is -2.15. The molecule has 0 aromatic heterocycles. The second kappa shape index (κ2) is 4.17. The summed E-state index contributed by atoms with van der Waals surface area (Å²) < 4.78 is 13.0. The zero-order chi connectivity index (χ0) is 9.84. The number of aryl methyl sites for hydroxylation is 1. The molecule has 0 saturated heterocycles. The van der Waals surface area contributed by atoms with Gasteiger partial charge in [-0.15, -0.1) is 0 Å². The topological polar surface area (TPSA) is 17.1 Å². The van der Waals surface area contributed by atoms with Crippen molar-refractivity contribution in [3.8, 4) is 0 Å². The molecule has 1 aromatic carbocycles. The Morgan fingerprint density at radius 1 is 1.46 bits per heavy atom. The summed E-state index contributed by atoms with van der Waals surface area (Å²) in [6.07, 6.45) is -1.16. The van der Waals surface area contributed by atoms with Gasteiger partial charge in [-0.3, -0.25) is 4.79 Å². The van der Waals surface area contributed by atoms with Gasteiger partial charge in [-0.2, -0.15) is 0 Å². The predicted octanol–water partition coefficient (Wildman–Crippen LogP) is 2.46. The first-order valence-corrected chi connectivity index (χ1v) is 4.30. The molecule has 1 atom stereocenters. The number of hydrogen-bond donors (Lipinski definition) is 0. The van der Waals surface area contributed by atoms with Crippen LogP contribution in [-0.4, -0.2) is 12.0 Å². The Balaban J connectivity index is 2.74. The van der Waals surface area contributed by atoms with E-state index in [2.05, 4.69) is 0 Å². The molecule has 1 unspecified atom stereocenters. The average molecular weight is 180 g/mol. The Hall–Kier alpha value is -1.18. The van der Waals surface area contributed by atoms with Gasteiger partial charge in [-0.1, -0.05) is 24.3 Å². The zero-order valence-corrected chi connectivity index (χ0v) is 7.88. The molecule has 0 aliphatic rings. The molecule has 1 rings (SSSR count). The molecule has 0 aliphatic heterocycles. The van der Waals surface area contributed by atoms with Crippen molar-refractivity contribution in [2.45, 2.75) is 26.4 Å². The molecule has 0 aliphatic carbocycles. The third-order valence-corrected chi connectivity index (χ3v) is 2.10. The molecule has 1 nitrogen and oxygen atoms in total. The van der Waals surface area contributed by atoms with Gasteiger partial charge in [0.2, 0.25) is 0 Å². The van der Waals surface area contributed by atoms with E-state index in [1.54, 1.807) is 0 Å². The van der Waals surface area contributed by atoms with Crippen molar-refractivity contribution in [2.24, 2.45) is 0 Å². The Morgan fingerprint density at radius 3 is 2.62 bits per heavy atom. The standard InChI is InChI=1S/C11H13FO/c1-8-5-3-4-6-10(8)7-11(12)9(2)13/h3-6,11H,7H2,1-2H3. The van der Waals surface area contributed by atoms with Crippen molar-refractivity contribution in [3.05, 3.63) is 35.4 Å². The summed E-state index contributed by atoms with van der Waals surface area (Å²) in [5.74, 6) is -0.400. The van der Waals surface area contributed by atoms with E-state index in [4.69, 9.17) is 0 Å². The van der Waals surface area contributed by atoms with Crippen molar-refractivity contribution in [1.82, 2.24) is 0 Å². The number of benzene rings is 1. The van der Waals surface area contributed by atoms with Gasteiger partial charge in [0.25, 0.3) is 0 Å². The van der Waals surface area contributed by atoms with E-state index in [0.717, 1.165) is 11.1 Å². The van der Waals surface area contributed by atoms with E-state index < -0.39 is 12.0 Å². The molecule has 0 N–H and O–H groups in total. The molecule has 0 saturated carbocycles. The third kappa shape index (κ3) is 2.65. The first kappa shape index (κ1) is 9.90. The number of Topliss-reactive ketones (excluding diaryl/α,β-unsaturated/α-hetero) is 1. The van der Waals surface area contributed by atoms with Crippen LogP contribution in [0.2, 0.25) is 0 Å². The van der Waals surface area contributed by atoms with Gasteiger partial charge in [-0.25, -0.2) is 4.39 Å². The molecule has 0 heterocycles. The highest BCUT2D eigenvalue weighted by atomic mass is 19.1. The molecule has 0 fully saturated rings. The van der Waals surface area contributed by atoms with Crippen molar-refractivity contribution < 1.29 is 9.18 Å². The first-order valence-electron chi connectivity index (χ1n) is 4.30. The van der Waals surface area contributed by atoms with Gasteiger partial charge < -0.3 is 0 Å². The highest BCUT2D eigenvalue weighted by Gasteiger charge is 2.13. The van der Waals surface area contributed by atoms with Crippen LogP contribution in [0.4, 0.5) is 4.39 Å². The lowest BCUT2D eigenvalue weighted by molar-refractivity contribution is -0.121. The summed E-state index contributed by atoms with van der Waals surface area (Å²) in [6, 6.07) is 7.53. The minimum Gasteiger partial charge on any atom is -0.297 e. The Labute approximate surface area is 77.6 Å². The van der Waals surface area contributed by atoms with Crippen LogP contribution in [0, 0.1) is 6.92 Å². The maximum atomic E-state index is 13.0. The smallest absolute Gasteiger partial charge is 0.164 e. The van der Waals surface area contributed by atoms with E-state index in [9.17, 15) is 9.18 Å². The monoisotopic (exact) mass is 180 g/mol. The van der Waals surface area contributed by atoms with Gasteiger partial charge in [0.1, 0.15) is 0 Å². The van der Waals surface area contributed by atoms with Gasteiger partial charge in [0.05, 0.1) is 0 Å². The highest BCUT2D eigenvalue weighted by Crippen LogP contribution is 2.11.